The minimum Gasteiger partial charge on any atom is -0.368 e. The van der Waals surface area contributed by atoms with Crippen molar-refractivity contribution in [1.82, 2.24) is 9.97 Å². The Morgan fingerprint density at radius 2 is 1.93 bits per heavy atom. The molecule has 0 fully saturated rings. The van der Waals surface area contributed by atoms with E-state index in [0.29, 0.717) is 9.09 Å². The van der Waals surface area contributed by atoms with Crippen molar-refractivity contribution in [3.63, 3.8) is 0 Å². The molecule has 76 valence electrons. The van der Waals surface area contributed by atoms with Crippen molar-refractivity contribution in [1.29, 1.82) is 0 Å². The van der Waals surface area contributed by atoms with E-state index in [1.807, 2.05) is 30.3 Å². The summed E-state index contributed by atoms with van der Waals surface area (Å²) in [7, 11) is 0. The van der Waals surface area contributed by atoms with Crippen molar-refractivity contribution in [2.75, 3.05) is 11.1 Å². The number of nitrogen functional groups attached to an aromatic ring is 1. The van der Waals surface area contributed by atoms with Crippen LogP contribution in [0.1, 0.15) is 0 Å². The Morgan fingerprint density at radius 3 is 2.60 bits per heavy atom. The number of benzene rings is 1. The summed E-state index contributed by atoms with van der Waals surface area (Å²) >= 11 is 6.24. The Morgan fingerprint density at radius 1 is 1.20 bits per heavy atom. The Bertz CT molecular complexity index is 509. The minimum absolute atomic E-state index is 0.192. The van der Waals surface area contributed by atoms with Gasteiger partial charge in [-0.1, -0.05) is 29.5 Å². The molecule has 1 heterocycles. The second kappa shape index (κ2) is 4.33. The predicted molar refractivity (Wildman–Crippen MR) is 64.9 cm³/mol. The topological polar surface area (TPSA) is 63.8 Å². The molecule has 15 heavy (non-hydrogen) atoms. The summed E-state index contributed by atoms with van der Waals surface area (Å²) < 4.78 is 0.473. The summed E-state index contributed by atoms with van der Waals surface area (Å²) in [5.74, 6) is 0.192. The fraction of sp³-hybridized carbons (Fsp3) is 0. The molecule has 0 aliphatic rings. The van der Waals surface area contributed by atoms with Gasteiger partial charge in [-0.3, -0.25) is 0 Å². The predicted octanol–water partition coefficient (Wildman–Crippen LogP) is 2.59. The van der Waals surface area contributed by atoms with E-state index in [1.54, 1.807) is 0 Å². The standard InChI is InChI=1S/C9H8N4S2/c10-7-12-8(15-9(14)13-7)11-6-4-2-1-3-5-6/h1-5H,(H3,10,11,12,13,14). The highest BCUT2D eigenvalue weighted by Gasteiger charge is 1.98. The number of nitrogens with zero attached hydrogens (tertiary/aromatic N) is 2. The highest BCUT2D eigenvalue weighted by Crippen LogP contribution is 2.18. The van der Waals surface area contributed by atoms with E-state index in [9.17, 15) is 0 Å². The van der Waals surface area contributed by atoms with Gasteiger partial charge in [0.25, 0.3) is 0 Å². The number of nitrogens with two attached hydrogens (primary N) is 1. The molecule has 4 nitrogen and oxygen atoms in total. The lowest BCUT2D eigenvalue weighted by Gasteiger charge is -2.03. The number of aromatic nitrogens is 2. The van der Waals surface area contributed by atoms with E-state index in [0.717, 1.165) is 5.69 Å². The van der Waals surface area contributed by atoms with Crippen molar-refractivity contribution in [2.45, 2.75) is 0 Å². The van der Waals surface area contributed by atoms with Crippen molar-refractivity contribution < 1.29 is 0 Å². The van der Waals surface area contributed by atoms with Gasteiger partial charge in [-0.2, -0.15) is 9.97 Å². The number of para-hydroxylation sites is 1. The third kappa shape index (κ3) is 2.71. The number of nitrogens with one attached hydrogen (secondary N) is 1. The first-order valence-corrected chi connectivity index (χ1v) is 5.43. The molecule has 3 N–H and O–H groups in total. The maximum atomic E-state index is 5.49. The van der Waals surface area contributed by atoms with Crippen LogP contribution in [-0.2, 0) is 0 Å². The van der Waals surface area contributed by atoms with E-state index >= 15 is 0 Å². The molecule has 0 amide bonds. The zero-order chi connectivity index (χ0) is 10.7. The molecule has 0 unspecified atom stereocenters. The zero-order valence-corrected chi connectivity index (χ0v) is 9.31. The molecular weight excluding hydrogens is 228 g/mol. The lowest BCUT2D eigenvalue weighted by atomic mass is 10.3. The average Bonchev–Trinajstić information content (AvgIpc) is 2.17. The van der Waals surface area contributed by atoms with Crippen LogP contribution in [-0.4, -0.2) is 9.97 Å². The minimum atomic E-state index is 0.192. The Balaban J connectivity index is 2.29. The van der Waals surface area contributed by atoms with Gasteiger partial charge in [0.1, 0.15) is 0 Å². The van der Waals surface area contributed by atoms with Gasteiger partial charge < -0.3 is 11.1 Å². The summed E-state index contributed by atoms with van der Waals surface area (Å²) in [5, 5.41) is 3.76. The first kappa shape index (κ1) is 10.0. The monoisotopic (exact) mass is 236 g/mol. The maximum absolute atomic E-state index is 5.49. The SMILES string of the molecule is Nc1nc(Nc2ccccc2)sc(=S)n1. The van der Waals surface area contributed by atoms with Gasteiger partial charge in [0.15, 0.2) is 9.09 Å². The van der Waals surface area contributed by atoms with Gasteiger partial charge in [0.2, 0.25) is 5.95 Å². The van der Waals surface area contributed by atoms with Crippen molar-refractivity contribution in [3.8, 4) is 0 Å². The number of rotatable bonds is 2. The van der Waals surface area contributed by atoms with E-state index in [2.05, 4.69) is 15.3 Å². The normalized spacial score (nSPS) is 9.87. The number of hydrogen-bond acceptors (Lipinski definition) is 6. The summed E-state index contributed by atoms with van der Waals surface area (Å²) in [4.78, 5) is 7.87. The van der Waals surface area contributed by atoms with Crippen LogP contribution in [0.2, 0.25) is 0 Å². The molecule has 2 aromatic rings. The lowest BCUT2D eigenvalue weighted by Crippen LogP contribution is -1.97. The fourth-order valence-corrected chi connectivity index (χ4v) is 1.99. The fourth-order valence-electron chi connectivity index (χ4n) is 1.05. The quantitative estimate of drug-likeness (QED) is 0.785. The molecule has 2 rings (SSSR count). The first-order chi connectivity index (χ1) is 7.24. The van der Waals surface area contributed by atoms with E-state index < -0.39 is 0 Å². The number of hydrogen-bond donors (Lipinski definition) is 2. The molecule has 0 saturated carbocycles. The zero-order valence-electron chi connectivity index (χ0n) is 7.68. The summed E-state index contributed by atoms with van der Waals surface area (Å²) in [5.41, 5.74) is 6.44. The van der Waals surface area contributed by atoms with Crippen LogP contribution < -0.4 is 11.1 Å². The summed E-state index contributed by atoms with van der Waals surface area (Å²) in [6, 6.07) is 9.70. The third-order valence-corrected chi connectivity index (χ3v) is 2.62. The van der Waals surface area contributed by atoms with Gasteiger partial charge in [-0.25, -0.2) is 0 Å². The molecule has 1 aromatic heterocycles. The van der Waals surface area contributed by atoms with Crippen LogP contribution in [0.4, 0.5) is 16.8 Å². The van der Waals surface area contributed by atoms with Crippen LogP contribution in [0.3, 0.4) is 0 Å². The van der Waals surface area contributed by atoms with Crippen molar-refractivity contribution >= 4 is 40.3 Å². The highest BCUT2D eigenvalue weighted by molar-refractivity contribution is 7.73. The smallest absolute Gasteiger partial charge is 0.224 e. The average molecular weight is 236 g/mol. The van der Waals surface area contributed by atoms with E-state index in [1.165, 1.54) is 11.3 Å². The van der Waals surface area contributed by atoms with Crippen LogP contribution in [0, 0.1) is 3.95 Å². The maximum Gasteiger partial charge on any atom is 0.224 e. The Kier molecular flexibility index (Phi) is 2.89. The second-order valence-electron chi connectivity index (χ2n) is 2.75. The van der Waals surface area contributed by atoms with Gasteiger partial charge in [0.05, 0.1) is 0 Å². The first-order valence-electron chi connectivity index (χ1n) is 4.21. The van der Waals surface area contributed by atoms with Crippen LogP contribution in [0.15, 0.2) is 30.3 Å². The van der Waals surface area contributed by atoms with Crippen molar-refractivity contribution in [2.24, 2.45) is 0 Å². The highest BCUT2D eigenvalue weighted by atomic mass is 32.1. The molecule has 0 aliphatic heterocycles. The molecule has 0 spiro atoms. The molecule has 6 heteroatoms. The second-order valence-corrected chi connectivity index (χ2v) is 4.37. The third-order valence-electron chi connectivity index (χ3n) is 1.63. The molecule has 0 aliphatic carbocycles. The van der Waals surface area contributed by atoms with E-state index in [4.69, 9.17) is 18.0 Å². The van der Waals surface area contributed by atoms with Gasteiger partial charge in [-0.15, -0.1) is 0 Å². The lowest BCUT2D eigenvalue weighted by molar-refractivity contribution is 1.22. The van der Waals surface area contributed by atoms with Gasteiger partial charge >= 0.3 is 0 Å². The molecule has 1 aromatic carbocycles. The summed E-state index contributed by atoms with van der Waals surface area (Å²) in [6.45, 7) is 0. The van der Waals surface area contributed by atoms with Gasteiger partial charge in [0, 0.05) is 5.69 Å². The molecular formula is C9H8N4S2. The largest absolute Gasteiger partial charge is 0.368 e. The number of anilines is 3. The summed E-state index contributed by atoms with van der Waals surface area (Å²) in [6.07, 6.45) is 0. The van der Waals surface area contributed by atoms with Crippen LogP contribution in [0.5, 0.6) is 0 Å². The molecule has 0 atom stereocenters. The Hall–Kier alpha value is -1.53. The molecule has 0 saturated heterocycles. The van der Waals surface area contributed by atoms with Crippen LogP contribution in [0.25, 0.3) is 0 Å². The molecule has 0 bridgehead atoms. The molecule has 0 radical (unpaired) electrons. The Labute approximate surface area is 95.8 Å². The van der Waals surface area contributed by atoms with Crippen molar-refractivity contribution in [3.05, 3.63) is 34.3 Å². The van der Waals surface area contributed by atoms with Gasteiger partial charge in [-0.05, 0) is 24.4 Å². The van der Waals surface area contributed by atoms with E-state index in [-0.39, 0.29) is 5.95 Å². The van der Waals surface area contributed by atoms with Crippen LogP contribution >= 0.6 is 23.6 Å².